The predicted molar refractivity (Wildman–Crippen MR) is 49.9 cm³/mol. The summed E-state index contributed by atoms with van der Waals surface area (Å²) in [5, 5.41) is 4.95. The minimum Gasteiger partial charge on any atom is -0.494 e. The van der Waals surface area contributed by atoms with Crippen LogP contribution in [0.4, 0.5) is 0 Å². The number of halogens is 1. The van der Waals surface area contributed by atoms with Crippen molar-refractivity contribution in [2.24, 2.45) is 5.14 Å². The Morgan fingerprint density at radius 3 is 2.69 bits per heavy atom. The summed E-state index contributed by atoms with van der Waals surface area (Å²) in [4.78, 5) is 3.71. The van der Waals surface area contributed by atoms with E-state index in [0.29, 0.717) is 4.60 Å². The third-order valence-electron chi connectivity index (χ3n) is 1.32. The van der Waals surface area contributed by atoms with Crippen molar-refractivity contribution >= 4 is 26.0 Å². The number of primary sulfonamides is 1. The first-order valence-electron chi connectivity index (χ1n) is 3.17. The van der Waals surface area contributed by atoms with Crippen molar-refractivity contribution in [2.75, 3.05) is 7.11 Å². The summed E-state index contributed by atoms with van der Waals surface area (Å²) >= 11 is 3.03. The Morgan fingerprint density at radius 1 is 1.62 bits per heavy atom. The van der Waals surface area contributed by atoms with Crippen LogP contribution in [0.5, 0.6) is 5.75 Å². The first-order valence-corrected chi connectivity index (χ1v) is 5.51. The molecule has 13 heavy (non-hydrogen) atoms. The van der Waals surface area contributed by atoms with Crippen molar-refractivity contribution in [2.45, 2.75) is 4.90 Å². The molecule has 1 aromatic rings. The number of nitrogens with zero attached hydrogens (tertiary/aromatic N) is 1. The molecule has 0 spiro atoms. The fourth-order valence-electron chi connectivity index (χ4n) is 0.776. The highest BCUT2D eigenvalue weighted by molar-refractivity contribution is 9.10. The second-order valence-corrected chi connectivity index (χ2v) is 4.55. The number of ether oxygens (including phenoxy) is 1. The molecule has 72 valence electrons. The van der Waals surface area contributed by atoms with E-state index in [1.807, 2.05) is 0 Å². The molecule has 1 heterocycles. The summed E-state index contributed by atoms with van der Waals surface area (Å²) in [5.41, 5.74) is 0. The lowest BCUT2D eigenvalue weighted by Gasteiger charge is -2.05. The third-order valence-corrected chi connectivity index (χ3v) is 2.69. The molecule has 0 atom stereocenters. The van der Waals surface area contributed by atoms with Gasteiger partial charge >= 0.3 is 0 Å². The average Bonchev–Trinajstić information content (AvgIpc) is 2.03. The Labute approximate surface area is 84.1 Å². The molecular weight excluding hydrogens is 260 g/mol. The van der Waals surface area contributed by atoms with Gasteiger partial charge in [-0.1, -0.05) is 0 Å². The number of rotatable bonds is 2. The minimum absolute atomic E-state index is 0.0862. The average molecular weight is 267 g/mol. The molecule has 1 rings (SSSR count). The maximum atomic E-state index is 11.0. The minimum atomic E-state index is -3.76. The van der Waals surface area contributed by atoms with Crippen LogP contribution in [0.25, 0.3) is 0 Å². The molecule has 1 aromatic heterocycles. The van der Waals surface area contributed by atoms with Gasteiger partial charge in [0.25, 0.3) is 0 Å². The van der Waals surface area contributed by atoms with Crippen molar-refractivity contribution in [3.63, 3.8) is 0 Å². The molecule has 0 saturated carbocycles. The van der Waals surface area contributed by atoms with E-state index in [-0.39, 0.29) is 10.6 Å². The summed E-state index contributed by atoms with van der Waals surface area (Å²) in [7, 11) is -2.42. The van der Waals surface area contributed by atoms with Gasteiger partial charge in [-0.15, -0.1) is 0 Å². The largest absolute Gasteiger partial charge is 0.494 e. The summed E-state index contributed by atoms with van der Waals surface area (Å²) in [6.45, 7) is 0. The standard InChI is InChI=1S/C6H7BrN2O3S/c1-12-4-3-9-6(7)2-5(4)13(8,10)11/h2-3H,1H3,(H2,8,10,11). The molecule has 7 heteroatoms. The highest BCUT2D eigenvalue weighted by Crippen LogP contribution is 2.23. The van der Waals surface area contributed by atoms with Crippen LogP contribution in [0.1, 0.15) is 0 Å². The molecule has 0 fully saturated rings. The van der Waals surface area contributed by atoms with Crippen LogP contribution in [0, 0.1) is 0 Å². The number of aromatic nitrogens is 1. The molecule has 0 bridgehead atoms. The van der Waals surface area contributed by atoms with Crippen LogP contribution in [-0.2, 0) is 10.0 Å². The summed E-state index contributed by atoms with van der Waals surface area (Å²) in [6, 6.07) is 1.29. The van der Waals surface area contributed by atoms with E-state index >= 15 is 0 Å². The van der Waals surface area contributed by atoms with Crippen molar-refractivity contribution < 1.29 is 13.2 Å². The van der Waals surface area contributed by atoms with E-state index < -0.39 is 10.0 Å². The Balaban J connectivity index is 3.41. The van der Waals surface area contributed by atoms with Crippen LogP contribution >= 0.6 is 15.9 Å². The van der Waals surface area contributed by atoms with Gasteiger partial charge in [0.2, 0.25) is 10.0 Å². The molecular formula is C6H7BrN2O3S. The molecule has 0 aliphatic carbocycles. The fraction of sp³-hybridized carbons (Fsp3) is 0.167. The number of hydrogen-bond donors (Lipinski definition) is 1. The van der Waals surface area contributed by atoms with Gasteiger partial charge in [0, 0.05) is 0 Å². The molecule has 0 aliphatic rings. The highest BCUT2D eigenvalue weighted by atomic mass is 79.9. The monoisotopic (exact) mass is 266 g/mol. The summed E-state index contributed by atoms with van der Waals surface area (Å²) in [6.07, 6.45) is 1.28. The van der Waals surface area contributed by atoms with Crippen LogP contribution in [0.2, 0.25) is 0 Å². The first kappa shape index (κ1) is 10.4. The lowest BCUT2D eigenvalue weighted by atomic mass is 10.5. The van der Waals surface area contributed by atoms with Gasteiger partial charge in [-0.25, -0.2) is 18.5 Å². The maximum absolute atomic E-state index is 11.0. The van der Waals surface area contributed by atoms with Gasteiger partial charge in [-0.05, 0) is 22.0 Å². The number of methoxy groups -OCH3 is 1. The van der Waals surface area contributed by atoms with Gasteiger partial charge in [-0.3, -0.25) is 0 Å². The summed E-state index contributed by atoms with van der Waals surface area (Å²) in [5.74, 6) is 0.130. The van der Waals surface area contributed by atoms with E-state index in [1.165, 1.54) is 19.4 Å². The zero-order chi connectivity index (χ0) is 10.1. The van der Waals surface area contributed by atoms with E-state index in [4.69, 9.17) is 9.88 Å². The molecule has 0 saturated heterocycles. The Bertz CT molecular complexity index is 418. The first-order chi connectivity index (χ1) is 5.95. The fourth-order valence-corrected chi connectivity index (χ4v) is 1.95. The van der Waals surface area contributed by atoms with Crippen LogP contribution in [0.15, 0.2) is 21.8 Å². The van der Waals surface area contributed by atoms with Gasteiger partial charge in [0.15, 0.2) is 5.75 Å². The number of nitrogens with two attached hydrogens (primary N) is 1. The number of pyridine rings is 1. The van der Waals surface area contributed by atoms with Gasteiger partial charge < -0.3 is 4.74 Å². The van der Waals surface area contributed by atoms with Crippen molar-refractivity contribution in [1.29, 1.82) is 0 Å². The maximum Gasteiger partial charge on any atom is 0.241 e. The van der Waals surface area contributed by atoms with Crippen LogP contribution in [-0.4, -0.2) is 20.5 Å². The lowest BCUT2D eigenvalue weighted by molar-refractivity contribution is 0.400. The van der Waals surface area contributed by atoms with E-state index in [2.05, 4.69) is 20.9 Å². The predicted octanol–water partition coefficient (Wildman–Crippen LogP) is 0.500. The van der Waals surface area contributed by atoms with Crippen LogP contribution < -0.4 is 9.88 Å². The third kappa shape index (κ3) is 2.39. The molecule has 5 nitrogen and oxygen atoms in total. The zero-order valence-corrected chi connectivity index (χ0v) is 9.09. The van der Waals surface area contributed by atoms with E-state index in [1.54, 1.807) is 0 Å². The van der Waals surface area contributed by atoms with Gasteiger partial charge in [0.05, 0.1) is 13.3 Å². The summed E-state index contributed by atoms with van der Waals surface area (Å²) < 4.78 is 27.2. The molecule has 0 aromatic carbocycles. The second-order valence-electron chi connectivity index (χ2n) is 2.20. The zero-order valence-electron chi connectivity index (χ0n) is 6.69. The smallest absolute Gasteiger partial charge is 0.241 e. The topological polar surface area (TPSA) is 82.3 Å². The van der Waals surface area contributed by atoms with Crippen molar-refractivity contribution in [1.82, 2.24) is 4.98 Å². The highest BCUT2D eigenvalue weighted by Gasteiger charge is 2.15. The number of sulfonamides is 1. The van der Waals surface area contributed by atoms with E-state index in [9.17, 15) is 8.42 Å². The van der Waals surface area contributed by atoms with Gasteiger partial charge in [0.1, 0.15) is 9.50 Å². The molecule has 0 unspecified atom stereocenters. The lowest BCUT2D eigenvalue weighted by Crippen LogP contribution is -2.13. The SMILES string of the molecule is COc1cnc(Br)cc1S(N)(=O)=O. The molecule has 0 aliphatic heterocycles. The quantitative estimate of drug-likeness (QED) is 0.791. The van der Waals surface area contributed by atoms with Gasteiger partial charge in [-0.2, -0.15) is 0 Å². The second kappa shape index (κ2) is 3.60. The Kier molecular flexibility index (Phi) is 2.89. The van der Waals surface area contributed by atoms with E-state index in [0.717, 1.165) is 0 Å². The molecule has 0 radical (unpaired) electrons. The number of hydrogen-bond acceptors (Lipinski definition) is 4. The van der Waals surface area contributed by atoms with Crippen molar-refractivity contribution in [3.8, 4) is 5.75 Å². The Hall–Kier alpha value is -0.660. The van der Waals surface area contributed by atoms with Crippen LogP contribution in [0.3, 0.4) is 0 Å². The van der Waals surface area contributed by atoms with Crippen molar-refractivity contribution in [3.05, 3.63) is 16.9 Å². The molecule has 0 amide bonds. The molecule has 2 N–H and O–H groups in total. The normalized spacial score (nSPS) is 11.3. The Morgan fingerprint density at radius 2 is 2.23 bits per heavy atom.